The number of amides is 1. The van der Waals surface area contributed by atoms with Gasteiger partial charge >= 0.3 is 0 Å². The number of nitrogens with zero attached hydrogens (tertiary/aromatic N) is 4. The standard InChI is InChI=1S/C12H21N5OS/c1-3-10-6-4-5-7-16(10)11(18)8-19-12-15-14-9(2)17(12)13/h10H,3-8,13H2,1-2H3/t10-/m1/s1. The molecule has 106 valence electrons. The number of hydrogen-bond acceptors (Lipinski definition) is 5. The molecule has 1 fully saturated rings. The first kappa shape index (κ1) is 14.2. The Balaban J connectivity index is 1.91. The van der Waals surface area contributed by atoms with Gasteiger partial charge in [-0.3, -0.25) is 4.79 Å². The first-order valence-electron chi connectivity index (χ1n) is 6.72. The summed E-state index contributed by atoms with van der Waals surface area (Å²) in [6.07, 6.45) is 4.49. The van der Waals surface area contributed by atoms with Gasteiger partial charge in [-0.15, -0.1) is 10.2 Å². The van der Waals surface area contributed by atoms with Crippen LogP contribution in [0.4, 0.5) is 0 Å². The molecule has 0 unspecified atom stereocenters. The maximum atomic E-state index is 12.3. The first-order chi connectivity index (χ1) is 9.13. The molecular formula is C12H21N5OS. The van der Waals surface area contributed by atoms with E-state index in [4.69, 9.17) is 5.84 Å². The molecule has 0 spiro atoms. The van der Waals surface area contributed by atoms with E-state index in [2.05, 4.69) is 17.1 Å². The third-order valence-electron chi connectivity index (χ3n) is 3.58. The SMILES string of the molecule is CC[C@@H]1CCCCN1C(=O)CSc1nnc(C)n1N. The fourth-order valence-electron chi connectivity index (χ4n) is 2.41. The minimum absolute atomic E-state index is 0.178. The molecule has 2 heterocycles. The van der Waals surface area contributed by atoms with Crippen LogP contribution in [0.25, 0.3) is 0 Å². The summed E-state index contributed by atoms with van der Waals surface area (Å²) in [5.41, 5.74) is 0. The Kier molecular flexibility index (Phi) is 4.68. The Bertz CT molecular complexity index is 447. The average Bonchev–Trinajstić information content (AvgIpc) is 2.76. The minimum atomic E-state index is 0.178. The lowest BCUT2D eigenvalue weighted by Crippen LogP contribution is -2.44. The molecule has 1 atom stereocenters. The molecule has 1 aromatic rings. The van der Waals surface area contributed by atoms with E-state index in [1.54, 1.807) is 6.92 Å². The van der Waals surface area contributed by atoms with Crippen molar-refractivity contribution in [2.24, 2.45) is 0 Å². The van der Waals surface area contributed by atoms with Gasteiger partial charge in [0.25, 0.3) is 0 Å². The lowest BCUT2D eigenvalue weighted by molar-refractivity contribution is -0.132. The topological polar surface area (TPSA) is 77.0 Å². The zero-order valence-corrected chi connectivity index (χ0v) is 12.3. The summed E-state index contributed by atoms with van der Waals surface area (Å²) in [6.45, 7) is 4.81. The van der Waals surface area contributed by atoms with Gasteiger partial charge in [-0.05, 0) is 32.6 Å². The fraction of sp³-hybridized carbons (Fsp3) is 0.750. The van der Waals surface area contributed by atoms with Gasteiger partial charge in [0.15, 0.2) is 0 Å². The molecule has 0 aliphatic carbocycles. The van der Waals surface area contributed by atoms with Crippen molar-refractivity contribution in [2.75, 3.05) is 18.1 Å². The minimum Gasteiger partial charge on any atom is -0.339 e. The normalized spacial score (nSPS) is 19.7. The van der Waals surface area contributed by atoms with Crippen LogP contribution in [0.1, 0.15) is 38.4 Å². The smallest absolute Gasteiger partial charge is 0.233 e. The third kappa shape index (κ3) is 3.20. The van der Waals surface area contributed by atoms with E-state index < -0.39 is 0 Å². The van der Waals surface area contributed by atoms with Crippen LogP contribution in [-0.2, 0) is 4.79 Å². The van der Waals surface area contributed by atoms with Gasteiger partial charge in [0.2, 0.25) is 11.1 Å². The maximum absolute atomic E-state index is 12.3. The molecule has 19 heavy (non-hydrogen) atoms. The molecule has 1 saturated heterocycles. The van der Waals surface area contributed by atoms with E-state index in [1.165, 1.54) is 22.9 Å². The van der Waals surface area contributed by atoms with Crippen LogP contribution in [0, 0.1) is 6.92 Å². The molecule has 0 saturated carbocycles. The zero-order chi connectivity index (χ0) is 13.8. The van der Waals surface area contributed by atoms with E-state index in [1.807, 2.05) is 4.90 Å². The highest BCUT2D eigenvalue weighted by Crippen LogP contribution is 2.22. The van der Waals surface area contributed by atoms with Crippen LogP contribution in [0.15, 0.2) is 5.16 Å². The Morgan fingerprint density at radius 3 is 2.89 bits per heavy atom. The highest BCUT2D eigenvalue weighted by Gasteiger charge is 2.25. The first-order valence-corrected chi connectivity index (χ1v) is 7.71. The van der Waals surface area contributed by atoms with Crippen molar-refractivity contribution in [2.45, 2.75) is 50.7 Å². The van der Waals surface area contributed by atoms with Gasteiger partial charge in [0.1, 0.15) is 5.82 Å². The van der Waals surface area contributed by atoms with E-state index in [9.17, 15) is 4.79 Å². The second kappa shape index (κ2) is 6.27. The number of carbonyl (C=O) groups is 1. The molecule has 0 radical (unpaired) electrons. The van der Waals surface area contributed by atoms with Gasteiger partial charge < -0.3 is 10.7 Å². The predicted molar refractivity (Wildman–Crippen MR) is 75.3 cm³/mol. The molecule has 2 N–H and O–H groups in total. The number of aryl methyl sites for hydroxylation is 1. The van der Waals surface area contributed by atoms with Crippen LogP contribution in [0.5, 0.6) is 0 Å². The van der Waals surface area contributed by atoms with Crippen molar-refractivity contribution in [1.82, 2.24) is 19.8 Å². The van der Waals surface area contributed by atoms with Gasteiger partial charge in [-0.25, -0.2) is 4.68 Å². The molecular weight excluding hydrogens is 262 g/mol. The van der Waals surface area contributed by atoms with Crippen molar-refractivity contribution in [3.05, 3.63) is 5.82 Å². The van der Waals surface area contributed by atoms with E-state index in [-0.39, 0.29) is 5.91 Å². The van der Waals surface area contributed by atoms with Crippen molar-refractivity contribution in [3.8, 4) is 0 Å². The zero-order valence-electron chi connectivity index (χ0n) is 11.5. The Morgan fingerprint density at radius 1 is 1.47 bits per heavy atom. The molecule has 1 aromatic heterocycles. The third-order valence-corrected chi connectivity index (χ3v) is 4.51. The number of carbonyl (C=O) groups excluding carboxylic acids is 1. The van der Waals surface area contributed by atoms with Crippen LogP contribution >= 0.6 is 11.8 Å². The van der Waals surface area contributed by atoms with Gasteiger partial charge in [0.05, 0.1) is 5.75 Å². The van der Waals surface area contributed by atoms with Crippen molar-refractivity contribution in [1.29, 1.82) is 0 Å². The molecule has 1 aliphatic heterocycles. The number of nitrogen functional groups attached to an aromatic ring is 1. The number of nitrogens with two attached hydrogens (primary N) is 1. The number of aromatic nitrogens is 3. The van der Waals surface area contributed by atoms with Gasteiger partial charge in [0, 0.05) is 12.6 Å². The Labute approximate surface area is 117 Å². The van der Waals surface area contributed by atoms with E-state index in [0.717, 1.165) is 25.8 Å². The number of thioether (sulfide) groups is 1. The quantitative estimate of drug-likeness (QED) is 0.663. The number of hydrogen-bond donors (Lipinski definition) is 1. The van der Waals surface area contributed by atoms with E-state index in [0.29, 0.717) is 22.8 Å². The summed E-state index contributed by atoms with van der Waals surface area (Å²) in [7, 11) is 0. The summed E-state index contributed by atoms with van der Waals surface area (Å²) >= 11 is 1.36. The number of likely N-dealkylation sites (tertiary alicyclic amines) is 1. The summed E-state index contributed by atoms with van der Waals surface area (Å²) < 4.78 is 1.42. The van der Waals surface area contributed by atoms with Crippen LogP contribution < -0.4 is 5.84 Å². The second-order valence-corrected chi connectivity index (χ2v) is 5.78. The van der Waals surface area contributed by atoms with Crippen molar-refractivity contribution < 1.29 is 4.79 Å². The Hall–Kier alpha value is -1.24. The molecule has 1 amide bonds. The number of piperidine rings is 1. The summed E-state index contributed by atoms with van der Waals surface area (Å²) in [6, 6.07) is 0.402. The van der Waals surface area contributed by atoms with Crippen molar-refractivity contribution in [3.63, 3.8) is 0 Å². The van der Waals surface area contributed by atoms with Crippen molar-refractivity contribution >= 4 is 17.7 Å². The van der Waals surface area contributed by atoms with Crippen LogP contribution in [-0.4, -0.2) is 44.0 Å². The average molecular weight is 283 g/mol. The summed E-state index contributed by atoms with van der Waals surface area (Å²) in [5.74, 6) is 6.98. The Morgan fingerprint density at radius 2 is 2.26 bits per heavy atom. The van der Waals surface area contributed by atoms with E-state index >= 15 is 0 Å². The molecule has 6 nitrogen and oxygen atoms in total. The lowest BCUT2D eigenvalue weighted by Gasteiger charge is -2.35. The lowest BCUT2D eigenvalue weighted by atomic mass is 10.0. The maximum Gasteiger partial charge on any atom is 0.233 e. The molecule has 0 aromatic carbocycles. The number of rotatable bonds is 4. The second-order valence-electron chi connectivity index (χ2n) is 4.83. The van der Waals surface area contributed by atoms with Gasteiger partial charge in [-0.1, -0.05) is 18.7 Å². The summed E-state index contributed by atoms with van der Waals surface area (Å²) in [4.78, 5) is 14.3. The summed E-state index contributed by atoms with van der Waals surface area (Å²) in [5, 5.41) is 8.43. The highest BCUT2D eigenvalue weighted by atomic mass is 32.2. The molecule has 2 rings (SSSR count). The fourth-order valence-corrected chi connectivity index (χ4v) is 3.20. The van der Waals surface area contributed by atoms with Gasteiger partial charge in [-0.2, -0.15) is 0 Å². The largest absolute Gasteiger partial charge is 0.339 e. The highest BCUT2D eigenvalue weighted by molar-refractivity contribution is 7.99. The monoisotopic (exact) mass is 283 g/mol. The van der Waals surface area contributed by atoms with Crippen LogP contribution in [0.3, 0.4) is 0 Å². The molecule has 7 heteroatoms. The van der Waals surface area contributed by atoms with Crippen LogP contribution in [0.2, 0.25) is 0 Å². The molecule has 1 aliphatic rings. The molecule has 0 bridgehead atoms. The predicted octanol–water partition coefficient (Wildman–Crippen LogP) is 1.18.